The molecule has 45 heavy (non-hydrogen) atoms. The maximum atomic E-state index is 15.6. The molecular weight excluding hydrogens is 597 g/mol. The fourth-order valence-corrected chi connectivity index (χ4v) is 6.04. The molecule has 1 fully saturated rings. The second-order valence-corrected chi connectivity index (χ2v) is 11.3. The number of halogens is 2. The zero-order chi connectivity index (χ0) is 31.7. The van der Waals surface area contributed by atoms with Gasteiger partial charge >= 0.3 is 0 Å². The van der Waals surface area contributed by atoms with Gasteiger partial charge in [0.05, 0.1) is 11.2 Å². The van der Waals surface area contributed by atoms with Gasteiger partial charge in [-0.2, -0.15) is 5.10 Å². The Hall–Kier alpha value is -5.16. The molecule has 1 aliphatic heterocycles. The van der Waals surface area contributed by atoms with Crippen LogP contribution >= 0.6 is 11.6 Å². The van der Waals surface area contributed by atoms with Crippen molar-refractivity contribution < 1.29 is 18.8 Å². The molecule has 0 spiro atoms. The molecule has 0 saturated carbocycles. The van der Waals surface area contributed by atoms with Crippen molar-refractivity contribution in [2.24, 2.45) is 11.7 Å². The summed E-state index contributed by atoms with van der Waals surface area (Å²) < 4.78 is 17.0. The number of primary amides is 1. The van der Waals surface area contributed by atoms with Gasteiger partial charge in [-0.25, -0.2) is 14.4 Å². The Morgan fingerprint density at radius 1 is 1.02 bits per heavy atom. The first-order valence-corrected chi connectivity index (χ1v) is 14.8. The van der Waals surface area contributed by atoms with Gasteiger partial charge in [0.2, 0.25) is 11.8 Å². The van der Waals surface area contributed by atoms with Crippen molar-refractivity contribution >= 4 is 45.9 Å². The molecule has 10 nitrogen and oxygen atoms in total. The molecule has 3 amide bonds. The summed E-state index contributed by atoms with van der Waals surface area (Å²) in [6, 6.07) is 16.1. The molecule has 0 bridgehead atoms. The van der Waals surface area contributed by atoms with E-state index in [0.29, 0.717) is 34.5 Å². The van der Waals surface area contributed by atoms with E-state index >= 15 is 4.39 Å². The minimum atomic E-state index is -0.826. The number of benzene rings is 3. The Morgan fingerprint density at radius 3 is 2.51 bits per heavy atom. The highest BCUT2D eigenvalue weighted by Crippen LogP contribution is 2.34. The molecule has 3 aromatic carbocycles. The Balaban J connectivity index is 1.26. The predicted molar refractivity (Wildman–Crippen MR) is 169 cm³/mol. The van der Waals surface area contributed by atoms with Gasteiger partial charge in [-0.1, -0.05) is 61.3 Å². The number of likely N-dealkylation sites (tertiary alicyclic amines) is 1. The molecule has 12 heteroatoms. The summed E-state index contributed by atoms with van der Waals surface area (Å²) >= 11 is 6.30. The number of nitrogens with two attached hydrogens (primary N) is 1. The summed E-state index contributed by atoms with van der Waals surface area (Å²) in [4.78, 5) is 49.3. The van der Waals surface area contributed by atoms with E-state index in [1.807, 2.05) is 13.0 Å². The van der Waals surface area contributed by atoms with E-state index in [1.165, 1.54) is 22.0 Å². The summed E-state index contributed by atoms with van der Waals surface area (Å²) in [5, 5.41) is 7.94. The number of amides is 3. The summed E-state index contributed by atoms with van der Waals surface area (Å²) in [5.74, 6) is -2.14. The summed E-state index contributed by atoms with van der Waals surface area (Å²) in [7, 11) is 0. The van der Waals surface area contributed by atoms with E-state index in [1.54, 1.807) is 60.9 Å². The lowest BCUT2D eigenvalue weighted by atomic mass is 10.0. The fraction of sp³-hybridized carbons (Fsp3) is 0.212. The lowest BCUT2D eigenvalue weighted by molar-refractivity contribution is -0.137. The maximum absolute atomic E-state index is 15.6. The molecule has 0 unspecified atom stereocenters. The zero-order valence-electron chi connectivity index (χ0n) is 24.3. The van der Waals surface area contributed by atoms with Gasteiger partial charge in [-0.05, 0) is 42.2 Å². The molecule has 228 valence electrons. The minimum Gasteiger partial charge on any atom is -0.364 e. The van der Waals surface area contributed by atoms with Crippen molar-refractivity contribution in [3.05, 3.63) is 95.9 Å². The van der Waals surface area contributed by atoms with Crippen LogP contribution in [0.3, 0.4) is 0 Å². The number of fused-ring (bicyclic) bond motifs is 1. The number of nitrogens with zero attached hydrogens (tertiary/aromatic N) is 5. The van der Waals surface area contributed by atoms with Gasteiger partial charge in [-0.15, -0.1) is 0 Å². The summed E-state index contributed by atoms with van der Waals surface area (Å²) in [5.41, 5.74) is 8.44. The van der Waals surface area contributed by atoms with Crippen LogP contribution in [0.15, 0.2) is 79.4 Å². The van der Waals surface area contributed by atoms with E-state index in [-0.39, 0.29) is 35.3 Å². The fourth-order valence-electron chi connectivity index (χ4n) is 5.80. The van der Waals surface area contributed by atoms with Crippen molar-refractivity contribution in [3.8, 4) is 22.3 Å². The standard InChI is InChI=1S/C33H29ClFN7O3/c1-2-19-12-28(33(45)39-26-9-5-7-23(30(26)35)22-6-3-4-8-25(22)34)41(16-19)29(43)17-42-27-11-10-20(21-14-37-18-38-15-21)13-24(27)31(40-42)32(36)44/h3-11,13-15,18-19,28H,2,12,16-17H2,1H3,(H2,36,44)(H,39,45)/t19-,28+/m1/s1. The molecule has 2 atom stereocenters. The lowest BCUT2D eigenvalue weighted by Gasteiger charge is -2.24. The molecule has 1 aliphatic rings. The number of rotatable bonds is 8. The van der Waals surface area contributed by atoms with Crippen LogP contribution in [0.25, 0.3) is 33.2 Å². The van der Waals surface area contributed by atoms with Crippen molar-refractivity contribution in [2.45, 2.75) is 32.4 Å². The van der Waals surface area contributed by atoms with E-state index in [0.717, 1.165) is 17.5 Å². The van der Waals surface area contributed by atoms with Crippen molar-refractivity contribution in [1.82, 2.24) is 24.6 Å². The first-order chi connectivity index (χ1) is 21.7. The number of nitrogens with one attached hydrogen (secondary N) is 1. The number of aromatic nitrogens is 4. The third-order valence-electron chi connectivity index (χ3n) is 8.17. The third-order valence-corrected chi connectivity index (χ3v) is 8.50. The molecule has 6 rings (SSSR count). The number of anilines is 1. The van der Waals surface area contributed by atoms with E-state index < -0.39 is 23.7 Å². The maximum Gasteiger partial charge on any atom is 0.269 e. The summed E-state index contributed by atoms with van der Waals surface area (Å²) in [6.07, 6.45) is 5.90. The zero-order valence-corrected chi connectivity index (χ0v) is 25.0. The van der Waals surface area contributed by atoms with Crippen molar-refractivity contribution in [3.63, 3.8) is 0 Å². The van der Waals surface area contributed by atoms with E-state index in [4.69, 9.17) is 17.3 Å². The highest BCUT2D eigenvalue weighted by atomic mass is 35.5. The third kappa shape index (κ3) is 5.86. The second kappa shape index (κ2) is 12.4. The molecular formula is C33H29ClFN7O3. The summed E-state index contributed by atoms with van der Waals surface area (Å²) in [6.45, 7) is 2.12. The van der Waals surface area contributed by atoms with Crippen LogP contribution in [0.2, 0.25) is 5.02 Å². The minimum absolute atomic E-state index is 0.00597. The van der Waals surface area contributed by atoms with Gasteiger partial charge in [0.15, 0.2) is 11.5 Å². The molecule has 5 aromatic rings. The van der Waals surface area contributed by atoms with Crippen LogP contribution in [-0.2, 0) is 16.1 Å². The first kappa shape index (κ1) is 29.9. The van der Waals surface area contributed by atoms with E-state index in [2.05, 4.69) is 20.4 Å². The van der Waals surface area contributed by atoms with Crippen LogP contribution in [-0.4, -0.2) is 55.0 Å². The second-order valence-electron chi connectivity index (χ2n) is 10.9. The highest BCUT2D eigenvalue weighted by molar-refractivity contribution is 6.33. The van der Waals surface area contributed by atoms with Crippen LogP contribution in [0.1, 0.15) is 30.3 Å². The van der Waals surface area contributed by atoms with Gasteiger partial charge in [0.1, 0.15) is 18.9 Å². The molecule has 3 N–H and O–H groups in total. The molecule has 3 heterocycles. The monoisotopic (exact) mass is 625 g/mol. The molecule has 0 aliphatic carbocycles. The number of hydrogen-bond donors (Lipinski definition) is 2. The van der Waals surface area contributed by atoms with Gasteiger partial charge in [0, 0.05) is 46.0 Å². The highest BCUT2D eigenvalue weighted by Gasteiger charge is 2.39. The largest absolute Gasteiger partial charge is 0.364 e. The molecule has 1 saturated heterocycles. The lowest BCUT2D eigenvalue weighted by Crippen LogP contribution is -2.44. The number of carbonyl (C=O) groups excluding carboxylic acids is 3. The average Bonchev–Trinajstić information content (AvgIpc) is 3.65. The Labute approximate surface area is 263 Å². The smallest absolute Gasteiger partial charge is 0.269 e. The molecule has 0 radical (unpaired) electrons. The van der Waals surface area contributed by atoms with Gasteiger partial charge in [0.25, 0.3) is 5.91 Å². The Morgan fingerprint density at radius 2 is 1.78 bits per heavy atom. The van der Waals surface area contributed by atoms with Crippen LogP contribution in [0.4, 0.5) is 10.1 Å². The van der Waals surface area contributed by atoms with Crippen molar-refractivity contribution in [1.29, 1.82) is 0 Å². The van der Waals surface area contributed by atoms with Crippen LogP contribution in [0, 0.1) is 11.7 Å². The Kier molecular flexibility index (Phi) is 8.27. The normalized spacial score (nSPS) is 16.2. The average molecular weight is 626 g/mol. The molecule has 2 aromatic heterocycles. The van der Waals surface area contributed by atoms with Crippen molar-refractivity contribution in [2.75, 3.05) is 11.9 Å². The Bertz CT molecular complexity index is 1930. The number of hydrogen-bond acceptors (Lipinski definition) is 6. The predicted octanol–water partition coefficient (Wildman–Crippen LogP) is 5.32. The number of carbonyl (C=O) groups is 3. The van der Waals surface area contributed by atoms with Crippen LogP contribution in [0.5, 0.6) is 0 Å². The van der Waals surface area contributed by atoms with Crippen LogP contribution < -0.4 is 11.1 Å². The van der Waals surface area contributed by atoms with Gasteiger partial charge in [-0.3, -0.25) is 19.1 Å². The SMILES string of the molecule is CC[C@@H]1C[C@@H](C(=O)Nc2cccc(-c3ccccc3Cl)c2F)N(C(=O)Cn2nc(C(N)=O)c3cc(-c4cncnc4)ccc32)C1. The quantitative estimate of drug-likeness (QED) is 0.240. The topological polar surface area (TPSA) is 136 Å². The first-order valence-electron chi connectivity index (χ1n) is 14.4. The van der Waals surface area contributed by atoms with Gasteiger partial charge < -0.3 is 16.0 Å². The van der Waals surface area contributed by atoms with E-state index in [9.17, 15) is 14.4 Å².